The van der Waals surface area contributed by atoms with Crippen molar-refractivity contribution in [1.82, 2.24) is 0 Å². The van der Waals surface area contributed by atoms with Gasteiger partial charge in [-0.15, -0.1) is 0 Å². The highest BCUT2D eigenvalue weighted by Crippen LogP contribution is 2.54. The molecule has 0 heterocycles. The molecule has 0 radical (unpaired) electrons. The van der Waals surface area contributed by atoms with E-state index in [4.69, 9.17) is 0 Å². The predicted molar refractivity (Wildman–Crippen MR) is 238 cm³/mol. The maximum absolute atomic E-state index is 2.48. The summed E-state index contributed by atoms with van der Waals surface area (Å²) < 4.78 is 0. The molecule has 0 fully saturated rings. The molecular formula is C55H41N. The molecule has 0 unspecified atom stereocenters. The Morgan fingerprint density at radius 2 is 0.893 bits per heavy atom. The third-order valence-corrected chi connectivity index (χ3v) is 11.7. The minimum Gasteiger partial charge on any atom is -0.310 e. The van der Waals surface area contributed by atoms with Gasteiger partial charge in [-0.05, 0) is 102 Å². The lowest BCUT2D eigenvalue weighted by molar-refractivity contribution is 0.660. The zero-order chi connectivity index (χ0) is 37.6. The molecule has 266 valence electrons. The van der Waals surface area contributed by atoms with E-state index in [0.717, 1.165) is 17.1 Å². The van der Waals surface area contributed by atoms with Gasteiger partial charge in [-0.25, -0.2) is 0 Å². The molecule has 1 aliphatic carbocycles. The Hall–Kier alpha value is -6.96. The van der Waals surface area contributed by atoms with Crippen LogP contribution in [-0.4, -0.2) is 0 Å². The van der Waals surface area contributed by atoms with Gasteiger partial charge in [0, 0.05) is 22.4 Å². The minimum absolute atomic E-state index is 0.194. The second-order valence-corrected chi connectivity index (χ2v) is 15.3. The Morgan fingerprint density at radius 1 is 0.339 bits per heavy atom. The third-order valence-electron chi connectivity index (χ3n) is 11.7. The summed E-state index contributed by atoms with van der Waals surface area (Å²) in [6.45, 7) is 4.76. The van der Waals surface area contributed by atoms with Crippen LogP contribution in [0.4, 0.5) is 17.1 Å². The SMILES string of the molecule is CC1(C)c2cc(N(c3ccc(-c4ccccc4)cc3)c3ccc4ccccc4c3-c3ccccc3-c3ccccc3)ccc2-c2c(-c3ccccc3)cccc21. The summed E-state index contributed by atoms with van der Waals surface area (Å²) in [6.07, 6.45) is 0. The van der Waals surface area contributed by atoms with Gasteiger partial charge >= 0.3 is 0 Å². The summed E-state index contributed by atoms with van der Waals surface area (Å²) in [6, 6.07) is 77.6. The zero-order valence-corrected chi connectivity index (χ0v) is 31.7. The van der Waals surface area contributed by atoms with Crippen molar-refractivity contribution in [2.24, 2.45) is 0 Å². The van der Waals surface area contributed by atoms with Gasteiger partial charge in [0.05, 0.1) is 5.69 Å². The molecule has 9 aromatic carbocycles. The number of fused-ring (bicyclic) bond motifs is 4. The van der Waals surface area contributed by atoms with Crippen LogP contribution in [-0.2, 0) is 5.41 Å². The molecule has 0 N–H and O–H groups in total. The summed E-state index contributed by atoms with van der Waals surface area (Å²) in [7, 11) is 0. The van der Waals surface area contributed by atoms with E-state index in [1.54, 1.807) is 0 Å². The maximum atomic E-state index is 2.48. The van der Waals surface area contributed by atoms with E-state index < -0.39 is 0 Å². The smallest absolute Gasteiger partial charge is 0.0546 e. The summed E-state index contributed by atoms with van der Waals surface area (Å²) in [5.74, 6) is 0. The fraction of sp³-hybridized carbons (Fsp3) is 0.0545. The predicted octanol–water partition coefficient (Wildman–Crippen LogP) is 15.3. The monoisotopic (exact) mass is 715 g/mol. The van der Waals surface area contributed by atoms with Crippen molar-refractivity contribution < 1.29 is 0 Å². The number of hydrogen-bond acceptors (Lipinski definition) is 1. The molecule has 0 amide bonds. The molecule has 0 bridgehead atoms. The van der Waals surface area contributed by atoms with Gasteiger partial charge in [-0.1, -0.05) is 196 Å². The number of nitrogens with zero attached hydrogens (tertiary/aromatic N) is 1. The van der Waals surface area contributed by atoms with Crippen LogP contribution in [0.3, 0.4) is 0 Å². The van der Waals surface area contributed by atoms with E-state index in [0.29, 0.717) is 0 Å². The van der Waals surface area contributed by atoms with Crippen LogP contribution in [0.2, 0.25) is 0 Å². The molecule has 0 saturated carbocycles. The van der Waals surface area contributed by atoms with E-state index in [9.17, 15) is 0 Å². The summed E-state index contributed by atoms with van der Waals surface area (Å²) in [4.78, 5) is 2.48. The number of benzene rings is 9. The Bertz CT molecular complexity index is 2850. The fourth-order valence-electron chi connectivity index (χ4n) is 8.93. The first-order chi connectivity index (χ1) is 27.6. The van der Waals surface area contributed by atoms with Gasteiger partial charge in [-0.3, -0.25) is 0 Å². The average molecular weight is 716 g/mol. The lowest BCUT2D eigenvalue weighted by Gasteiger charge is -2.31. The fourth-order valence-corrected chi connectivity index (χ4v) is 8.93. The zero-order valence-electron chi connectivity index (χ0n) is 31.7. The van der Waals surface area contributed by atoms with Crippen molar-refractivity contribution in [3.8, 4) is 55.6 Å². The molecule has 0 atom stereocenters. The van der Waals surface area contributed by atoms with E-state index >= 15 is 0 Å². The largest absolute Gasteiger partial charge is 0.310 e. The van der Waals surface area contributed by atoms with Crippen LogP contribution in [0.5, 0.6) is 0 Å². The first kappa shape index (κ1) is 33.6. The number of anilines is 3. The topological polar surface area (TPSA) is 3.24 Å². The van der Waals surface area contributed by atoms with E-state index in [2.05, 4.69) is 231 Å². The Balaban J connectivity index is 1.22. The second kappa shape index (κ2) is 13.7. The molecule has 9 aromatic rings. The van der Waals surface area contributed by atoms with Crippen molar-refractivity contribution in [2.45, 2.75) is 19.3 Å². The molecule has 0 aliphatic heterocycles. The number of rotatable bonds is 7. The van der Waals surface area contributed by atoms with Crippen LogP contribution < -0.4 is 4.90 Å². The normalized spacial score (nSPS) is 12.6. The lowest BCUT2D eigenvalue weighted by atomic mass is 9.81. The second-order valence-electron chi connectivity index (χ2n) is 15.3. The molecule has 56 heavy (non-hydrogen) atoms. The van der Waals surface area contributed by atoms with Gasteiger partial charge in [-0.2, -0.15) is 0 Å². The van der Waals surface area contributed by atoms with E-state index in [1.165, 1.54) is 77.5 Å². The maximum Gasteiger partial charge on any atom is 0.0546 e. The lowest BCUT2D eigenvalue weighted by Crippen LogP contribution is -2.17. The summed E-state index contributed by atoms with van der Waals surface area (Å²) in [5, 5.41) is 2.44. The molecule has 0 spiro atoms. The summed E-state index contributed by atoms with van der Waals surface area (Å²) >= 11 is 0. The van der Waals surface area contributed by atoms with Gasteiger partial charge < -0.3 is 4.90 Å². The highest BCUT2D eigenvalue weighted by atomic mass is 15.1. The van der Waals surface area contributed by atoms with E-state index in [1.807, 2.05) is 0 Å². The third kappa shape index (κ3) is 5.63. The van der Waals surface area contributed by atoms with E-state index in [-0.39, 0.29) is 5.41 Å². The quantitative estimate of drug-likeness (QED) is 0.159. The Morgan fingerprint density at radius 3 is 1.61 bits per heavy atom. The van der Waals surface area contributed by atoms with Crippen molar-refractivity contribution in [1.29, 1.82) is 0 Å². The van der Waals surface area contributed by atoms with Gasteiger partial charge in [0.15, 0.2) is 0 Å². The molecule has 1 aliphatic rings. The highest BCUT2D eigenvalue weighted by molar-refractivity contribution is 6.08. The van der Waals surface area contributed by atoms with Crippen molar-refractivity contribution >= 4 is 27.8 Å². The molecule has 1 heteroatoms. The highest BCUT2D eigenvalue weighted by Gasteiger charge is 2.37. The molecular weight excluding hydrogens is 675 g/mol. The Labute approximate surface area is 329 Å². The molecule has 1 nitrogen and oxygen atoms in total. The summed E-state index contributed by atoms with van der Waals surface area (Å²) in [5.41, 5.74) is 18.3. The van der Waals surface area contributed by atoms with Gasteiger partial charge in [0.25, 0.3) is 0 Å². The molecule has 10 rings (SSSR count). The van der Waals surface area contributed by atoms with Crippen LogP contribution in [0.15, 0.2) is 212 Å². The molecule has 0 aromatic heterocycles. The Kier molecular flexibility index (Phi) is 8.23. The van der Waals surface area contributed by atoms with Crippen LogP contribution in [0.25, 0.3) is 66.4 Å². The average Bonchev–Trinajstić information content (AvgIpc) is 3.50. The van der Waals surface area contributed by atoms with Crippen molar-refractivity contribution in [2.75, 3.05) is 4.90 Å². The first-order valence-corrected chi connectivity index (χ1v) is 19.5. The van der Waals surface area contributed by atoms with Gasteiger partial charge in [0.2, 0.25) is 0 Å². The minimum atomic E-state index is -0.194. The van der Waals surface area contributed by atoms with Crippen LogP contribution in [0, 0.1) is 0 Å². The standard InChI is InChI=1S/C55H41N/c1-55(2)50-28-16-27-46(41-21-10-5-11-22-41)53(50)49-35-34-44(37-51(49)55)56(43-32-29-39(30-33-43)38-17-6-3-7-18-38)52-36-31-42-23-12-13-25-47(42)54(52)48-26-15-14-24-45(48)40-19-8-4-9-20-40/h3-37H,1-2H3. The van der Waals surface area contributed by atoms with Crippen molar-refractivity contribution in [3.05, 3.63) is 223 Å². The van der Waals surface area contributed by atoms with Crippen molar-refractivity contribution in [3.63, 3.8) is 0 Å². The first-order valence-electron chi connectivity index (χ1n) is 19.5. The van der Waals surface area contributed by atoms with Crippen LogP contribution >= 0.6 is 0 Å². The molecule has 0 saturated heterocycles. The van der Waals surface area contributed by atoms with Crippen LogP contribution in [0.1, 0.15) is 25.0 Å². The van der Waals surface area contributed by atoms with Gasteiger partial charge in [0.1, 0.15) is 0 Å². The number of hydrogen-bond donors (Lipinski definition) is 0.